The topological polar surface area (TPSA) is 80.4 Å². The molecule has 3 N–H and O–H groups in total. The largest absolute Gasteiger partial charge is 0.392 e. The van der Waals surface area contributed by atoms with Gasteiger partial charge in [0.15, 0.2) is 9.84 Å². The Balaban J connectivity index is 2.31. The number of hydrogen-bond acceptors (Lipinski definition) is 4. The molecule has 1 rings (SSSR count). The number of aliphatic hydroxyl groups excluding tert-OH is 1. The molecule has 0 aliphatic heterocycles. The summed E-state index contributed by atoms with van der Waals surface area (Å²) in [7, 11) is -3.14. The van der Waals surface area contributed by atoms with Gasteiger partial charge in [-0.1, -0.05) is 12.8 Å². The van der Waals surface area contributed by atoms with Crippen molar-refractivity contribution < 1.29 is 13.5 Å². The van der Waals surface area contributed by atoms with E-state index in [0.717, 1.165) is 32.1 Å². The summed E-state index contributed by atoms with van der Waals surface area (Å²) in [4.78, 5) is 0. The van der Waals surface area contributed by atoms with E-state index in [1.165, 1.54) is 0 Å². The van der Waals surface area contributed by atoms with Crippen LogP contribution < -0.4 is 5.73 Å². The SMILES string of the molecule is CC(C)S(=O)(=O)CC(O)CCC1CCCC(N)C1. The molecule has 3 unspecified atom stereocenters. The number of rotatable bonds is 6. The van der Waals surface area contributed by atoms with Crippen LogP contribution in [0, 0.1) is 5.92 Å². The summed E-state index contributed by atoms with van der Waals surface area (Å²) in [6.07, 6.45) is 5.18. The standard InChI is InChI=1S/C13H27NO3S/c1-10(2)18(16,17)9-13(15)7-6-11-4-3-5-12(14)8-11/h10-13,15H,3-9,14H2,1-2H3. The van der Waals surface area contributed by atoms with E-state index in [4.69, 9.17) is 5.73 Å². The maximum Gasteiger partial charge on any atom is 0.155 e. The summed E-state index contributed by atoms with van der Waals surface area (Å²) in [5, 5.41) is 9.41. The molecule has 0 bridgehead atoms. The molecule has 3 atom stereocenters. The Labute approximate surface area is 111 Å². The van der Waals surface area contributed by atoms with Gasteiger partial charge in [0.05, 0.1) is 17.1 Å². The molecule has 1 aliphatic carbocycles. The summed E-state index contributed by atoms with van der Waals surface area (Å²) in [6.45, 7) is 3.31. The normalized spacial score (nSPS) is 27.4. The minimum absolute atomic E-state index is 0.108. The number of aliphatic hydroxyl groups is 1. The Morgan fingerprint density at radius 3 is 2.56 bits per heavy atom. The van der Waals surface area contributed by atoms with Crippen LogP contribution in [0.4, 0.5) is 0 Å². The first-order valence-electron chi connectivity index (χ1n) is 6.96. The second-order valence-corrected chi connectivity index (χ2v) is 8.50. The monoisotopic (exact) mass is 277 g/mol. The van der Waals surface area contributed by atoms with Gasteiger partial charge in [-0.05, 0) is 45.4 Å². The van der Waals surface area contributed by atoms with E-state index in [2.05, 4.69) is 0 Å². The average Bonchev–Trinajstić information content (AvgIpc) is 2.25. The van der Waals surface area contributed by atoms with Crippen LogP contribution in [-0.2, 0) is 9.84 Å². The van der Waals surface area contributed by atoms with Crippen molar-refractivity contribution in [2.75, 3.05) is 5.75 Å². The molecule has 0 radical (unpaired) electrons. The highest BCUT2D eigenvalue weighted by atomic mass is 32.2. The van der Waals surface area contributed by atoms with Crippen LogP contribution in [0.1, 0.15) is 52.4 Å². The number of sulfone groups is 1. The maximum atomic E-state index is 11.7. The first-order valence-corrected chi connectivity index (χ1v) is 8.68. The smallest absolute Gasteiger partial charge is 0.155 e. The average molecular weight is 277 g/mol. The molecule has 4 nitrogen and oxygen atoms in total. The highest BCUT2D eigenvalue weighted by molar-refractivity contribution is 7.92. The minimum atomic E-state index is -3.14. The Kier molecular flexibility index (Phi) is 6.08. The molecule has 0 saturated heterocycles. The fraction of sp³-hybridized carbons (Fsp3) is 1.00. The van der Waals surface area contributed by atoms with Crippen LogP contribution in [0.15, 0.2) is 0 Å². The third kappa shape index (κ3) is 5.24. The molecule has 1 saturated carbocycles. The molecule has 0 aromatic carbocycles. The van der Waals surface area contributed by atoms with Crippen molar-refractivity contribution in [1.29, 1.82) is 0 Å². The summed E-state index contributed by atoms with van der Waals surface area (Å²) < 4.78 is 23.3. The Morgan fingerprint density at radius 1 is 1.33 bits per heavy atom. The molecule has 0 spiro atoms. The summed E-state index contributed by atoms with van der Waals surface area (Å²) in [5.41, 5.74) is 5.91. The van der Waals surface area contributed by atoms with E-state index >= 15 is 0 Å². The van der Waals surface area contributed by atoms with Gasteiger partial charge in [-0.15, -0.1) is 0 Å². The van der Waals surface area contributed by atoms with Gasteiger partial charge in [0.1, 0.15) is 0 Å². The van der Waals surface area contributed by atoms with Gasteiger partial charge in [0, 0.05) is 6.04 Å². The lowest BCUT2D eigenvalue weighted by molar-refractivity contribution is 0.167. The quantitative estimate of drug-likeness (QED) is 0.770. The lowest BCUT2D eigenvalue weighted by atomic mass is 9.83. The van der Waals surface area contributed by atoms with Crippen molar-refractivity contribution in [2.45, 2.75) is 69.8 Å². The van der Waals surface area contributed by atoms with E-state index in [1.54, 1.807) is 13.8 Å². The highest BCUT2D eigenvalue weighted by Gasteiger charge is 2.23. The van der Waals surface area contributed by atoms with Crippen molar-refractivity contribution >= 4 is 9.84 Å². The molecule has 0 heterocycles. The van der Waals surface area contributed by atoms with Crippen molar-refractivity contribution in [3.63, 3.8) is 0 Å². The van der Waals surface area contributed by atoms with Crippen molar-refractivity contribution in [2.24, 2.45) is 11.7 Å². The molecular formula is C13H27NO3S. The predicted octanol–water partition coefficient (Wildman–Crippen LogP) is 1.47. The van der Waals surface area contributed by atoms with E-state index in [9.17, 15) is 13.5 Å². The third-order valence-electron chi connectivity index (χ3n) is 3.87. The third-order valence-corrected chi connectivity index (χ3v) is 6.16. The zero-order valence-electron chi connectivity index (χ0n) is 11.5. The lowest BCUT2D eigenvalue weighted by Gasteiger charge is -2.27. The first-order chi connectivity index (χ1) is 8.31. The number of hydrogen-bond donors (Lipinski definition) is 2. The van der Waals surface area contributed by atoms with Gasteiger partial charge in [-0.25, -0.2) is 8.42 Å². The molecule has 5 heteroatoms. The molecule has 0 amide bonds. The second kappa shape index (κ2) is 6.87. The number of nitrogens with two attached hydrogens (primary N) is 1. The predicted molar refractivity (Wildman–Crippen MR) is 74.1 cm³/mol. The van der Waals surface area contributed by atoms with E-state index in [0.29, 0.717) is 18.4 Å². The van der Waals surface area contributed by atoms with Gasteiger partial charge in [-0.2, -0.15) is 0 Å². The van der Waals surface area contributed by atoms with Crippen molar-refractivity contribution in [3.8, 4) is 0 Å². The molecule has 0 aromatic heterocycles. The van der Waals surface area contributed by atoms with Crippen LogP contribution >= 0.6 is 0 Å². The lowest BCUT2D eigenvalue weighted by Crippen LogP contribution is -2.30. The first kappa shape index (κ1) is 15.9. The van der Waals surface area contributed by atoms with E-state index < -0.39 is 21.2 Å². The Morgan fingerprint density at radius 2 is 2.00 bits per heavy atom. The van der Waals surface area contributed by atoms with Crippen LogP contribution in [0.25, 0.3) is 0 Å². The van der Waals surface area contributed by atoms with E-state index in [1.807, 2.05) is 0 Å². The van der Waals surface area contributed by atoms with Gasteiger partial charge in [0.2, 0.25) is 0 Å². The summed E-state index contributed by atoms with van der Waals surface area (Å²) in [6, 6.07) is 0.292. The van der Waals surface area contributed by atoms with Crippen molar-refractivity contribution in [1.82, 2.24) is 0 Å². The summed E-state index contributed by atoms with van der Waals surface area (Å²) in [5.74, 6) is 0.453. The summed E-state index contributed by atoms with van der Waals surface area (Å²) >= 11 is 0. The zero-order chi connectivity index (χ0) is 13.8. The molecule has 1 fully saturated rings. The van der Waals surface area contributed by atoms with Gasteiger partial charge in [0.25, 0.3) is 0 Å². The van der Waals surface area contributed by atoms with Crippen LogP contribution in [0.3, 0.4) is 0 Å². The fourth-order valence-electron chi connectivity index (χ4n) is 2.57. The minimum Gasteiger partial charge on any atom is -0.392 e. The Bertz CT molecular complexity index is 340. The Hall–Kier alpha value is -0.130. The molecule has 108 valence electrons. The van der Waals surface area contributed by atoms with Gasteiger partial charge in [-0.3, -0.25) is 0 Å². The molecule has 1 aliphatic rings. The van der Waals surface area contributed by atoms with Gasteiger partial charge < -0.3 is 10.8 Å². The fourth-order valence-corrected chi connectivity index (χ4v) is 3.65. The molecular weight excluding hydrogens is 250 g/mol. The van der Waals surface area contributed by atoms with E-state index in [-0.39, 0.29) is 5.75 Å². The van der Waals surface area contributed by atoms with Crippen LogP contribution in [-0.4, -0.2) is 36.7 Å². The zero-order valence-corrected chi connectivity index (χ0v) is 12.3. The molecule has 18 heavy (non-hydrogen) atoms. The molecule has 0 aromatic rings. The van der Waals surface area contributed by atoms with Crippen LogP contribution in [0.5, 0.6) is 0 Å². The van der Waals surface area contributed by atoms with Crippen molar-refractivity contribution in [3.05, 3.63) is 0 Å². The van der Waals surface area contributed by atoms with Crippen LogP contribution in [0.2, 0.25) is 0 Å². The maximum absolute atomic E-state index is 11.7. The highest BCUT2D eigenvalue weighted by Crippen LogP contribution is 2.27. The van der Waals surface area contributed by atoms with Gasteiger partial charge >= 0.3 is 0 Å². The second-order valence-electron chi connectivity index (χ2n) is 5.90.